The zero-order valence-electron chi connectivity index (χ0n) is 16.8. The molecule has 8 atom stereocenters. The van der Waals surface area contributed by atoms with Crippen molar-refractivity contribution in [2.45, 2.75) is 85.2 Å². The maximum absolute atomic E-state index is 10.1. The highest BCUT2D eigenvalue weighted by atomic mass is 16.3. The molecule has 0 saturated heterocycles. The third-order valence-electron chi connectivity index (χ3n) is 9.28. The van der Waals surface area contributed by atoms with Crippen molar-refractivity contribution in [1.29, 1.82) is 0 Å². The average molecular weight is 343 g/mol. The topological polar surface area (TPSA) is 20.2 Å². The molecule has 0 aromatic heterocycles. The van der Waals surface area contributed by atoms with Crippen molar-refractivity contribution in [3.05, 3.63) is 23.8 Å². The number of rotatable bonds is 2. The molecule has 0 aliphatic heterocycles. The van der Waals surface area contributed by atoms with Gasteiger partial charge >= 0.3 is 0 Å². The summed E-state index contributed by atoms with van der Waals surface area (Å²) in [6.45, 7) is 9.80. The number of allylic oxidation sites excluding steroid dienone is 3. The van der Waals surface area contributed by atoms with Gasteiger partial charge < -0.3 is 5.11 Å². The van der Waals surface area contributed by atoms with Crippen LogP contribution in [0.4, 0.5) is 0 Å². The highest BCUT2D eigenvalue weighted by Crippen LogP contribution is 2.67. The Bertz CT molecular complexity index is 575. The van der Waals surface area contributed by atoms with E-state index >= 15 is 0 Å². The van der Waals surface area contributed by atoms with E-state index in [0.717, 1.165) is 42.4 Å². The predicted octanol–water partition coefficient (Wildman–Crippen LogP) is 6.14. The van der Waals surface area contributed by atoms with E-state index < -0.39 is 0 Å². The number of fused-ring (bicyclic) bond motifs is 5. The van der Waals surface area contributed by atoms with Crippen molar-refractivity contribution in [3.63, 3.8) is 0 Å². The first-order chi connectivity index (χ1) is 11.9. The summed E-state index contributed by atoms with van der Waals surface area (Å²) in [6, 6.07) is 0. The van der Waals surface area contributed by atoms with E-state index in [2.05, 4.69) is 45.9 Å². The molecule has 1 heteroatoms. The Labute approximate surface area is 155 Å². The maximum atomic E-state index is 10.1. The van der Waals surface area contributed by atoms with Gasteiger partial charge in [-0.25, -0.2) is 0 Å². The Hall–Kier alpha value is -0.560. The molecule has 0 bridgehead atoms. The van der Waals surface area contributed by atoms with E-state index in [-0.39, 0.29) is 6.10 Å². The van der Waals surface area contributed by atoms with Crippen LogP contribution in [0.3, 0.4) is 0 Å². The molecule has 0 heterocycles. The lowest BCUT2D eigenvalue weighted by Gasteiger charge is -2.58. The van der Waals surface area contributed by atoms with E-state index in [0.29, 0.717) is 10.8 Å². The summed E-state index contributed by atoms with van der Waals surface area (Å²) >= 11 is 0. The van der Waals surface area contributed by atoms with Gasteiger partial charge in [0.1, 0.15) is 0 Å². The van der Waals surface area contributed by atoms with Crippen molar-refractivity contribution in [3.8, 4) is 0 Å². The summed E-state index contributed by atoms with van der Waals surface area (Å²) in [6.07, 6.45) is 17.4. The lowest BCUT2D eigenvalue weighted by atomic mass is 9.47. The van der Waals surface area contributed by atoms with Crippen molar-refractivity contribution >= 4 is 0 Å². The van der Waals surface area contributed by atoms with Crippen LogP contribution in [-0.2, 0) is 0 Å². The smallest absolute Gasteiger partial charge is 0.0577 e. The Morgan fingerprint density at radius 2 is 1.92 bits per heavy atom. The van der Waals surface area contributed by atoms with Crippen LogP contribution in [0.1, 0.15) is 79.1 Å². The fourth-order valence-corrected chi connectivity index (χ4v) is 7.98. The molecular formula is C24H38O. The molecule has 140 valence electrons. The molecule has 3 saturated carbocycles. The Balaban J connectivity index is 1.62. The Morgan fingerprint density at radius 1 is 1.12 bits per heavy atom. The summed E-state index contributed by atoms with van der Waals surface area (Å²) in [4.78, 5) is 0. The van der Waals surface area contributed by atoms with Crippen molar-refractivity contribution < 1.29 is 5.11 Å². The van der Waals surface area contributed by atoms with Gasteiger partial charge in [0.25, 0.3) is 0 Å². The lowest BCUT2D eigenvalue weighted by molar-refractivity contribution is -0.0540. The summed E-state index contributed by atoms with van der Waals surface area (Å²) in [7, 11) is 0. The first-order valence-electron chi connectivity index (χ1n) is 10.9. The molecule has 25 heavy (non-hydrogen) atoms. The summed E-state index contributed by atoms with van der Waals surface area (Å²) < 4.78 is 0. The second-order valence-corrected chi connectivity index (χ2v) is 10.3. The number of aliphatic hydroxyl groups is 1. The van der Waals surface area contributed by atoms with Crippen molar-refractivity contribution in [2.75, 3.05) is 0 Å². The van der Waals surface area contributed by atoms with E-state index in [1.165, 1.54) is 38.5 Å². The normalized spacial score (nSPS) is 50.8. The van der Waals surface area contributed by atoms with Crippen molar-refractivity contribution in [1.82, 2.24) is 0 Å². The number of hydrogen-bond donors (Lipinski definition) is 1. The highest BCUT2D eigenvalue weighted by Gasteiger charge is 2.58. The lowest BCUT2D eigenvalue weighted by Crippen LogP contribution is -2.50. The minimum absolute atomic E-state index is 0.0812. The van der Waals surface area contributed by atoms with Gasteiger partial charge in [0.05, 0.1) is 6.10 Å². The van der Waals surface area contributed by atoms with Gasteiger partial charge in [0, 0.05) is 0 Å². The largest absolute Gasteiger partial charge is 0.393 e. The Morgan fingerprint density at radius 3 is 2.68 bits per heavy atom. The first kappa shape index (κ1) is 17.8. The van der Waals surface area contributed by atoms with E-state index in [9.17, 15) is 5.11 Å². The second-order valence-electron chi connectivity index (χ2n) is 10.3. The van der Waals surface area contributed by atoms with Crippen LogP contribution in [0.2, 0.25) is 0 Å². The van der Waals surface area contributed by atoms with Crippen LogP contribution in [-0.4, -0.2) is 11.2 Å². The standard InChI is InChI=1S/C24H38O/c1-5-6-16(2)20-9-10-21-19-8-7-17-15-18(25)11-13-23(17,3)22(19)12-14-24(20,21)4/h5-7,16,18-22,25H,8-15H2,1-4H3/b6-5+/t16-,18+,19?,20-,21?,22?,23+,24-/m1/s1. The maximum Gasteiger partial charge on any atom is 0.0577 e. The molecule has 1 N–H and O–H groups in total. The third kappa shape index (κ3) is 2.59. The Kier molecular flexibility index (Phi) is 4.46. The summed E-state index contributed by atoms with van der Waals surface area (Å²) in [5.41, 5.74) is 2.54. The molecule has 4 rings (SSSR count). The van der Waals surface area contributed by atoms with Gasteiger partial charge in [-0.15, -0.1) is 0 Å². The molecule has 0 amide bonds. The van der Waals surface area contributed by atoms with Crippen LogP contribution in [0, 0.1) is 40.4 Å². The van der Waals surface area contributed by atoms with Gasteiger partial charge in [0.15, 0.2) is 0 Å². The van der Waals surface area contributed by atoms with Crippen molar-refractivity contribution in [2.24, 2.45) is 40.4 Å². The molecule has 3 unspecified atom stereocenters. The monoisotopic (exact) mass is 342 g/mol. The molecule has 0 radical (unpaired) electrons. The van der Waals surface area contributed by atoms with Gasteiger partial charge in [-0.3, -0.25) is 0 Å². The summed E-state index contributed by atoms with van der Waals surface area (Å²) in [5.74, 6) is 4.29. The van der Waals surface area contributed by atoms with Crippen LogP contribution in [0.15, 0.2) is 23.8 Å². The quantitative estimate of drug-likeness (QED) is 0.598. The van der Waals surface area contributed by atoms with Crippen LogP contribution >= 0.6 is 0 Å². The van der Waals surface area contributed by atoms with Gasteiger partial charge in [-0.1, -0.05) is 44.6 Å². The molecule has 0 spiro atoms. The van der Waals surface area contributed by atoms with Crippen LogP contribution < -0.4 is 0 Å². The first-order valence-corrected chi connectivity index (χ1v) is 10.9. The fraction of sp³-hybridized carbons (Fsp3) is 0.833. The fourth-order valence-electron chi connectivity index (χ4n) is 7.98. The van der Waals surface area contributed by atoms with Crippen LogP contribution in [0.25, 0.3) is 0 Å². The minimum atomic E-state index is -0.0812. The molecule has 0 aromatic carbocycles. The van der Waals surface area contributed by atoms with Gasteiger partial charge in [-0.05, 0) is 98.7 Å². The number of aliphatic hydroxyl groups excluding tert-OH is 1. The molecule has 0 aromatic rings. The second kappa shape index (κ2) is 6.25. The molecular weight excluding hydrogens is 304 g/mol. The van der Waals surface area contributed by atoms with Gasteiger partial charge in [0.2, 0.25) is 0 Å². The molecule has 3 fully saturated rings. The van der Waals surface area contributed by atoms with E-state index in [1.807, 2.05) is 0 Å². The predicted molar refractivity (Wildman–Crippen MR) is 105 cm³/mol. The molecule has 4 aliphatic carbocycles. The van der Waals surface area contributed by atoms with E-state index in [1.54, 1.807) is 5.57 Å². The number of hydrogen-bond acceptors (Lipinski definition) is 1. The summed E-state index contributed by atoms with van der Waals surface area (Å²) in [5, 5.41) is 10.1. The molecule has 1 nitrogen and oxygen atoms in total. The zero-order valence-corrected chi connectivity index (χ0v) is 16.8. The molecule has 4 aliphatic rings. The average Bonchev–Trinajstić information content (AvgIpc) is 2.93. The zero-order chi connectivity index (χ0) is 17.8. The highest BCUT2D eigenvalue weighted by molar-refractivity contribution is 5.25. The SMILES string of the molecule is C/C=C/[C@@H](C)[C@H]1CCC2C3CC=C4C[C@@H](O)CC[C@]4(C)C3CC[C@@]21C. The van der Waals surface area contributed by atoms with Gasteiger partial charge in [-0.2, -0.15) is 0 Å². The third-order valence-corrected chi connectivity index (χ3v) is 9.28. The van der Waals surface area contributed by atoms with Crippen LogP contribution in [0.5, 0.6) is 0 Å². The minimum Gasteiger partial charge on any atom is -0.393 e. The van der Waals surface area contributed by atoms with E-state index in [4.69, 9.17) is 0 Å².